The summed E-state index contributed by atoms with van der Waals surface area (Å²) in [4.78, 5) is 10.9. The van der Waals surface area contributed by atoms with Crippen LogP contribution in [0.25, 0.3) is 0 Å². The number of hydrogen-bond donors (Lipinski definition) is 1. The lowest BCUT2D eigenvalue weighted by molar-refractivity contribution is -0.146. The van der Waals surface area contributed by atoms with Gasteiger partial charge in [0, 0.05) is 5.92 Å². The van der Waals surface area contributed by atoms with Gasteiger partial charge >= 0.3 is 5.97 Å². The van der Waals surface area contributed by atoms with Gasteiger partial charge in [0.15, 0.2) is 0 Å². The highest BCUT2D eigenvalue weighted by Crippen LogP contribution is 2.26. The van der Waals surface area contributed by atoms with Crippen molar-refractivity contribution in [3.8, 4) is 0 Å². The molecule has 76 valence electrons. The molecule has 1 rings (SSSR count). The number of carbonyl (C=O) groups is 1. The van der Waals surface area contributed by atoms with E-state index in [2.05, 4.69) is 0 Å². The van der Waals surface area contributed by atoms with Gasteiger partial charge in [0.05, 0.1) is 12.5 Å². The van der Waals surface area contributed by atoms with Crippen molar-refractivity contribution < 1.29 is 14.6 Å². The van der Waals surface area contributed by atoms with Gasteiger partial charge in [0.2, 0.25) is 0 Å². The summed E-state index contributed by atoms with van der Waals surface area (Å²) in [6.45, 7) is 6.04. The van der Waals surface area contributed by atoms with Crippen LogP contribution in [0.1, 0.15) is 33.6 Å². The predicted octanol–water partition coefficient (Wildman–Crippen LogP) is 1.34. The summed E-state index contributed by atoms with van der Waals surface area (Å²) in [6, 6.07) is 0. The fraction of sp³-hybridized carbons (Fsp3) is 0.900. The first-order valence-electron chi connectivity index (χ1n) is 4.88. The topological polar surface area (TPSA) is 46.5 Å². The molecule has 1 aliphatic heterocycles. The normalized spacial score (nSPS) is 30.7. The van der Waals surface area contributed by atoms with E-state index in [4.69, 9.17) is 4.74 Å². The Morgan fingerprint density at radius 1 is 1.62 bits per heavy atom. The van der Waals surface area contributed by atoms with Gasteiger partial charge in [0.1, 0.15) is 6.10 Å². The number of cyclic esters (lactones) is 1. The number of hydrogen-bond acceptors (Lipinski definition) is 3. The van der Waals surface area contributed by atoms with Crippen LogP contribution in [0.4, 0.5) is 0 Å². The van der Waals surface area contributed by atoms with Crippen LogP contribution in [0.2, 0.25) is 0 Å². The van der Waals surface area contributed by atoms with Crippen molar-refractivity contribution in [2.45, 2.75) is 45.8 Å². The molecule has 1 heterocycles. The monoisotopic (exact) mass is 186 g/mol. The fourth-order valence-electron chi connectivity index (χ4n) is 1.77. The van der Waals surface area contributed by atoms with Gasteiger partial charge in [-0.15, -0.1) is 0 Å². The smallest absolute Gasteiger partial charge is 0.306 e. The maximum absolute atomic E-state index is 10.9. The van der Waals surface area contributed by atoms with Crippen molar-refractivity contribution >= 4 is 5.97 Å². The molecule has 1 aliphatic rings. The second-order valence-electron chi connectivity index (χ2n) is 4.33. The Morgan fingerprint density at radius 3 is 2.62 bits per heavy atom. The lowest BCUT2D eigenvalue weighted by Gasteiger charge is -2.21. The second-order valence-corrected chi connectivity index (χ2v) is 4.33. The van der Waals surface area contributed by atoms with E-state index in [1.165, 1.54) is 0 Å². The van der Waals surface area contributed by atoms with Crippen molar-refractivity contribution in [3.63, 3.8) is 0 Å². The first kappa shape index (κ1) is 10.5. The Balaban J connectivity index is 2.47. The van der Waals surface area contributed by atoms with Gasteiger partial charge in [-0.25, -0.2) is 0 Å². The zero-order valence-electron chi connectivity index (χ0n) is 8.49. The predicted molar refractivity (Wildman–Crippen MR) is 49.1 cm³/mol. The van der Waals surface area contributed by atoms with Gasteiger partial charge in [-0.05, 0) is 12.3 Å². The summed E-state index contributed by atoms with van der Waals surface area (Å²) in [7, 11) is 0. The average molecular weight is 186 g/mol. The third-order valence-electron chi connectivity index (χ3n) is 2.41. The van der Waals surface area contributed by atoms with Gasteiger partial charge < -0.3 is 9.84 Å². The molecule has 0 bridgehead atoms. The Labute approximate surface area is 79.1 Å². The molecule has 1 N–H and O–H groups in total. The molecule has 0 aromatic rings. The van der Waals surface area contributed by atoms with Gasteiger partial charge in [-0.1, -0.05) is 20.8 Å². The largest absolute Gasteiger partial charge is 0.459 e. The third-order valence-corrected chi connectivity index (χ3v) is 2.41. The molecule has 0 aliphatic carbocycles. The van der Waals surface area contributed by atoms with E-state index in [9.17, 15) is 9.90 Å². The van der Waals surface area contributed by atoms with Crippen LogP contribution in [-0.2, 0) is 9.53 Å². The quantitative estimate of drug-likeness (QED) is 0.677. The number of esters is 1. The number of aliphatic hydroxyl groups excluding tert-OH is 1. The molecule has 0 aromatic carbocycles. The molecule has 0 spiro atoms. The average Bonchev–Trinajstić information content (AvgIpc) is 2.28. The maximum Gasteiger partial charge on any atom is 0.306 e. The summed E-state index contributed by atoms with van der Waals surface area (Å²) >= 11 is 0. The molecule has 0 saturated carbocycles. The zero-order chi connectivity index (χ0) is 10.0. The minimum Gasteiger partial charge on any atom is -0.459 e. The Kier molecular flexibility index (Phi) is 3.31. The van der Waals surface area contributed by atoms with E-state index in [0.717, 1.165) is 0 Å². The van der Waals surface area contributed by atoms with Gasteiger partial charge in [-0.3, -0.25) is 4.79 Å². The van der Waals surface area contributed by atoms with Crippen molar-refractivity contribution in [2.75, 3.05) is 0 Å². The molecule has 0 amide bonds. The molecule has 1 fully saturated rings. The van der Waals surface area contributed by atoms with E-state index in [1.807, 2.05) is 20.8 Å². The molecule has 1 saturated heterocycles. The zero-order valence-corrected chi connectivity index (χ0v) is 8.49. The summed E-state index contributed by atoms with van der Waals surface area (Å²) in [5, 5.41) is 9.73. The molecule has 0 aromatic heterocycles. The summed E-state index contributed by atoms with van der Waals surface area (Å²) in [5.74, 6) is 0.406. The first-order valence-corrected chi connectivity index (χ1v) is 4.88. The highest BCUT2D eigenvalue weighted by Gasteiger charge is 2.36. The Morgan fingerprint density at radius 2 is 2.23 bits per heavy atom. The number of rotatable bonds is 3. The summed E-state index contributed by atoms with van der Waals surface area (Å²) in [6.07, 6.45) is 0.360. The molecule has 3 heteroatoms. The molecular weight excluding hydrogens is 168 g/mol. The van der Waals surface area contributed by atoms with E-state index >= 15 is 0 Å². The molecule has 0 radical (unpaired) electrons. The van der Waals surface area contributed by atoms with E-state index in [-0.39, 0.29) is 18.0 Å². The van der Waals surface area contributed by atoms with Crippen LogP contribution < -0.4 is 0 Å². The van der Waals surface area contributed by atoms with Crippen LogP contribution in [0, 0.1) is 11.8 Å². The van der Waals surface area contributed by atoms with Crippen LogP contribution in [0.5, 0.6) is 0 Å². The third kappa shape index (κ3) is 2.69. The van der Waals surface area contributed by atoms with Gasteiger partial charge in [0.25, 0.3) is 0 Å². The number of aliphatic hydroxyl groups is 1. The van der Waals surface area contributed by atoms with E-state index in [1.54, 1.807) is 0 Å². The molecule has 3 nitrogen and oxygen atoms in total. The van der Waals surface area contributed by atoms with Crippen molar-refractivity contribution in [2.24, 2.45) is 11.8 Å². The highest BCUT2D eigenvalue weighted by molar-refractivity contribution is 5.72. The lowest BCUT2D eigenvalue weighted by atomic mass is 9.94. The molecule has 3 atom stereocenters. The van der Waals surface area contributed by atoms with Crippen LogP contribution in [0.15, 0.2) is 0 Å². The summed E-state index contributed by atoms with van der Waals surface area (Å²) in [5.41, 5.74) is 0. The summed E-state index contributed by atoms with van der Waals surface area (Å²) < 4.78 is 5.05. The first-order chi connectivity index (χ1) is 6.00. The second kappa shape index (κ2) is 4.09. The molecule has 13 heavy (non-hydrogen) atoms. The fourth-order valence-corrected chi connectivity index (χ4v) is 1.77. The lowest BCUT2D eigenvalue weighted by Crippen LogP contribution is -2.31. The van der Waals surface area contributed by atoms with Crippen molar-refractivity contribution in [3.05, 3.63) is 0 Å². The Bertz CT molecular complexity index is 189. The SMILES string of the molecule is CC(C)C[C@@H](O)[C@H]1OC(=O)C[C@H]1C. The standard InChI is InChI=1S/C10H18O3/c1-6(2)4-8(11)10-7(3)5-9(12)13-10/h6-8,10-11H,4-5H2,1-3H3/t7-,8-,10+/m1/s1. The van der Waals surface area contributed by atoms with Crippen molar-refractivity contribution in [1.29, 1.82) is 0 Å². The minimum atomic E-state index is -0.499. The Hall–Kier alpha value is -0.570. The highest BCUT2D eigenvalue weighted by atomic mass is 16.6. The molecule has 0 unspecified atom stereocenters. The van der Waals surface area contributed by atoms with Crippen LogP contribution in [0.3, 0.4) is 0 Å². The van der Waals surface area contributed by atoms with Crippen molar-refractivity contribution in [1.82, 2.24) is 0 Å². The number of ether oxygens (including phenoxy) is 1. The molecular formula is C10H18O3. The van der Waals surface area contributed by atoms with E-state index in [0.29, 0.717) is 18.8 Å². The maximum atomic E-state index is 10.9. The van der Waals surface area contributed by atoms with Crippen LogP contribution >= 0.6 is 0 Å². The number of carbonyl (C=O) groups excluding carboxylic acids is 1. The van der Waals surface area contributed by atoms with Crippen LogP contribution in [-0.4, -0.2) is 23.3 Å². The van der Waals surface area contributed by atoms with Gasteiger partial charge in [-0.2, -0.15) is 0 Å². The van der Waals surface area contributed by atoms with E-state index < -0.39 is 6.10 Å². The minimum absolute atomic E-state index is 0.154.